The van der Waals surface area contributed by atoms with Crippen LogP contribution in [0.4, 0.5) is 30.7 Å². The minimum Gasteiger partial charge on any atom is -0.245 e. The molecule has 12 heteroatoms. The van der Waals surface area contributed by atoms with Gasteiger partial charge in [0, 0.05) is 0 Å². The maximum absolute atomic E-state index is 14.0. The predicted molar refractivity (Wildman–Crippen MR) is 70.7 cm³/mol. The first kappa shape index (κ1) is 18.7. The molecule has 132 valence electrons. The highest BCUT2D eigenvalue weighted by molar-refractivity contribution is 7.86. The molecule has 0 fully saturated rings. The molecule has 0 aliphatic rings. The molecule has 0 radical (unpaired) electrons. The Bertz CT molecular complexity index is 790. The molecule has 1 heterocycles. The van der Waals surface area contributed by atoms with Crippen molar-refractivity contribution in [3.8, 4) is 5.69 Å². The summed E-state index contributed by atoms with van der Waals surface area (Å²) >= 11 is 5.63. The topological polar surface area (TPSA) is 34.9 Å². The molecule has 0 amide bonds. The molecule has 0 aliphatic carbocycles. The molecule has 2 rings (SSSR count). The van der Waals surface area contributed by atoms with Crippen molar-refractivity contribution in [3.63, 3.8) is 0 Å². The summed E-state index contributed by atoms with van der Waals surface area (Å²) < 4.78 is 101. The van der Waals surface area contributed by atoms with Crippen LogP contribution in [0.25, 0.3) is 5.69 Å². The molecular weight excluding hydrogens is 389 g/mol. The third kappa shape index (κ3) is 3.41. The predicted octanol–water partition coefficient (Wildman–Crippen LogP) is 4.62. The van der Waals surface area contributed by atoms with E-state index < -0.39 is 49.5 Å². The monoisotopic (exact) mass is 394 g/mol. The van der Waals surface area contributed by atoms with Gasteiger partial charge >= 0.3 is 11.7 Å². The SMILES string of the molecule is Cc1c(S(=O)C(F)(F)F)cnn1-c1c(F)cc(C(F)(F)F)cc1Cl. The lowest BCUT2D eigenvalue weighted by molar-refractivity contribution is -0.137. The zero-order valence-corrected chi connectivity index (χ0v) is 13.0. The van der Waals surface area contributed by atoms with Gasteiger partial charge in [-0.15, -0.1) is 0 Å². The van der Waals surface area contributed by atoms with E-state index in [-0.39, 0.29) is 11.8 Å². The molecule has 1 atom stereocenters. The summed E-state index contributed by atoms with van der Waals surface area (Å²) in [5.41, 5.74) is -7.47. The van der Waals surface area contributed by atoms with Crippen LogP contribution in [0.15, 0.2) is 23.2 Å². The number of benzene rings is 1. The molecule has 3 nitrogen and oxygen atoms in total. The molecule has 24 heavy (non-hydrogen) atoms. The van der Waals surface area contributed by atoms with Gasteiger partial charge in [0.2, 0.25) is 0 Å². The van der Waals surface area contributed by atoms with Crippen molar-refractivity contribution in [3.05, 3.63) is 40.4 Å². The molecule has 1 aromatic carbocycles. The molecule has 0 spiro atoms. The lowest BCUT2D eigenvalue weighted by Crippen LogP contribution is -2.17. The van der Waals surface area contributed by atoms with Crippen molar-refractivity contribution in [2.45, 2.75) is 23.5 Å². The van der Waals surface area contributed by atoms with E-state index in [1.54, 1.807) is 0 Å². The quantitative estimate of drug-likeness (QED) is 0.697. The third-order valence-electron chi connectivity index (χ3n) is 2.93. The Morgan fingerprint density at radius 1 is 1.17 bits per heavy atom. The average Bonchev–Trinajstić information content (AvgIpc) is 2.77. The second-order valence-electron chi connectivity index (χ2n) is 4.51. The van der Waals surface area contributed by atoms with E-state index in [9.17, 15) is 34.9 Å². The van der Waals surface area contributed by atoms with Crippen LogP contribution in [-0.4, -0.2) is 19.5 Å². The number of hydrogen-bond acceptors (Lipinski definition) is 2. The van der Waals surface area contributed by atoms with Crippen molar-refractivity contribution in [2.75, 3.05) is 0 Å². The maximum atomic E-state index is 14.0. The molecule has 1 aromatic heterocycles. The Labute approximate surface area is 137 Å². The molecule has 1 unspecified atom stereocenters. The number of aromatic nitrogens is 2. The Hall–Kier alpha value is -1.62. The first-order chi connectivity index (χ1) is 10.8. The fraction of sp³-hybridized carbons (Fsp3) is 0.250. The highest BCUT2D eigenvalue weighted by Gasteiger charge is 2.40. The smallest absolute Gasteiger partial charge is 0.245 e. The minimum atomic E-state index is -5.07. The van der Waals surface area contributed by atoms with E-state index in [4.69, 9.17) is 11.6 Å². The van der Waals surface area contributed by atoms with Gasteiger partial charge in [-0.1, -0.05) is 11.6 Å². The van der Waals surface area contributed by atoms with Crippen LogP contribution in [-0.2, 0) is 17.0 Å². The van der Waals surface area contributed by atoms with Gasteiger partial charge in [0.1, 0.15) is 5.69 Å². The second-order valence-corrected chi connectivity index (χ2v) is 6.35. The summed E-state index contributed by atoms with van der Waals surface area (Å²) in [6.07, 6.45) is -4.27. The number of rotatable bonds is 2. The molecule has 0 saturated heterocycles. The fourth-order valence-corrected chi connectivity index (χ4v) is 2.89. The number of nitrogens with zero attached hydrogens (tertiary/aromatic N) is 2. The Morgan fingerprint density at radius 3 is 2.21 bits per heavy atom. The lowest BCUT2D eigenvalue weighted by atomic mass is 10.2. The highest BCUT2D eigenvalue weighted by Crippen LogP contribution is 2.36. The van der Waals surface area contributed by atoms with Crippen LogP contribution < -0.4 is 0 Å². The zero-order chi connectivity index (χ0) is 18.4. The van der Waals surface area contributed by atoms with E-state index in [2.05, 4.69) is 5.10 Å². The van der Waals surface area contributed by atoms with E-state index in [1.165, 1.54) is 0 Å². The molecule has 2 aromatic rings. The van der Waals surface area contributed by atoms with Crippen LogP contribution in [0.2, 0.25) is 5.02 Å². The van der Waals surface area contributed by atoms with Gasteiger partial charge in [0.15, 0.2) is 16.6 Å². The summed E-state index contributed by atoms with van der Waals surface area (Å²) in [5, 5.41) is 2.74. The average molecular weight is 395 g/mol. The van der Waals surface area contributed by atoms with Crippen LogP contribution in [0, 0.1) is 12.7 Å². The van der Waals surface area contributed by atoms with Crippen LogP contribution in [0.5, 0.6) is 0 Å². The standard InChI is InChI=1S/C12H6ClF7N2OS/c1-5-9(24(23)12(18,19)20)4-21-22(5)10-7(13)2-6(3-8(10)14)11(15,16)17/h2-4H,1H3. The van der Waals surface area contributed by atoms with Gasteiger partial charge in [-0.2, -0.15) is 31.4 Å². The Morgan fingerprint density at radius 2 is 1.75 bits per heavy atom. The van der Waals surface area contributed by atoms with E-state index in [0.29, 0.717) is 16.9 Å². The van der Waals surface area contributed by atoms with E-state index in [1.807, 2.05) is 0 Å². The van der Waals surface area contributed by atoms with Gasteiger partial charge in [0.05, 0.1) is 27.4 Å². The second kappa shape index (κ2) is 6.03. The van der Waals surface area contributed by atoms with Crippen LogP contribution in [0.3, 0.4) is 0 Å². The van der Waals surface area contributed by atoms with Crippen LogP contribution >= 0.6 is 11.6 Å². The van der Waals surface area contributed by atoms with Crippen molar-refractivity contribution >= 4 is 22.4 Å². The molecule has 0 aliphatic heterocycles. The summed E-state index contributed by atoms with van der Waals surface area (Å²) in [7, 11) is -3.43. The third-order valence-corrected chi connectivity index (χ3v) is 4.44. The molecular formula is C12H6ClF7N2OS. The number of halogens is 8. The largest absolute Gasteiger partial charge is 0.475 e. The van der Waals surface area contributed by atoms with Crippen molar-refractivity contribution < 1.29 is 34.9 Å². The normalized spacial score (nSPS) is 14.0. The fourth-order valence-electron chi connectivity index (χ4n) is 1.86. The Balaban J connectivity index is 2.59. The first-order valence-electron chi connectivity index (χ1n) is 5.94. The molecule has 0 saturated carbocycles. The number of alkyl halides is 6. The summed E-state index contributed by atoms with van der Waals surface area (Å²) in [6.45, 7) is 1.05. The van der Waals surface area contributed by atoms with Crippen molar-refractivity contribution in [1.82, 2.24) is 9.78 Å². The minimum absolute atomic E-state index is 0.142. The van der Waals surface area contributed by atoms with Crippen molar-refractivity contribution in [2.24, 2.45) is 0 Å². The maximum Gasteiger partial charge on any atom is 0.475 e. The highest BCUT2D eigenvalue weighted by atomic mass is 35.5. The van der Waals surface area contributed by atoms with Gasteiger partial charge in [-0.05, 0) is 19.1 Å². The molecule has 0 N–H and O–H groups in total. The summed E-state index contributed by atoms with van der Waals surface area (Å²) in [5.74, 6) is -1.44. The van der Waals surface area contributed by atoms with E-state index >= 15 is 0 Å². The summed E-state index contributed by atoms with van der Waals surface area (Å²) in [6, 6.07) is 0.560. The van der Waals surface area contributed by atoms with Gasteiger partial charge in [-0.25, -0.2) is 13.3 Å². The Kier molecular flexibility index (Phi) is 4.70. The van der Waals surface area contributed by atoms with Crippen LogP contribution in [0.1, 0.15) is 11.3 Å². The van der Waals surface area contributed by atoms with Gasteiger partial charge < -0.3 is 0 Å². The van der Waals surface area contributed by atoms with Gasteiger partial charge in [-0.3, -0.25) is 0 Å². The summed E-state index contributed by atoms with van der Waals surface area (Å²) in [4.78, 5) is -0.752. The van der Waals surface area contributed by atoms with E-state index in [0.717, 1.165) is 6.92 Å². The number of hydrogen-bond donors (Lipinski definition) is 0. The lowest BCUT2D eigenvalue weighted by Gasteiger charge is -2.13. The zero-order valence-electron chi connectivity index (χ0n) is 11.5. The first-order valence-corrected chi connectivity index (χ1v) is 7.46. The van der Waals surface area contributed by atoms with Gasteiger partial charge in [0.25, 0.3) is 0 Å². The molecule has 0 bridgehead atoms. The van der Waals surface area contributed by atoms with Crippen molar-refractivity contribution in [1.29, 1.82) is 0 Å².